The van der Waals surface area contributed by atoms with Gasteiger partial charge in [0, 0.05) is 29.1 Å². The predicted molar refractivity (Wildman–Crippen MR) is 90.7 cm³/mol. The van der Waals surface area contributed by atoms with Crippen LogP contribution in [0.15, 0.2) is 29.2 Å². The Kier molecular flexibility index (Phi) is 4.82. The van der Waals surface area contributed by atoms with Gasteiger partial charge in [-0.05, 0) is 31.4 Å². The molecular weight excluding hydrogens is 352 g/mol. The third kappa shape index (κ3) is 4.07. The number of nitrogens with zero attached hydrogens (tertiary/aromatic N) is 2. The van der Waals surface area contributed by atoms with Gasteiger partial charge >= 0.3 is 0 Å². The molecular formula is C15H18N2O5S2. The van der Waals surface area contributed by atoms with Crippen molar-refractivity contribution in [3.05, 3.63) is 34.4 Å². The molecule has 1 aromatic rings. The minimum atomic E-state index is -3.02. The molecule has 2 fully saturated rings. The molecule has 0 radical (unpaired) electrons. The number of carbonyl (C=O) groups is 1. The van der Waals surface area contributed by atoms with Crippen LogP contribution < -0.4 is 0 Å². The highest BCUT2D eigenvalue weighted by atomic mass is 32.2. The minimum Gasteiger partial charge on any atom is -0.335 e. The summed E-state index contributed by atoms with van der Waals surface area (Å²) in [7, 11) is -3.02. The fourth-order valence-electron chi connectivity index (χ4n) is 2.94. The van der Waals surface area contributed by atoms with E-state index in [2.05, 4.69) is 0 Å². The zero-order valence-corrected chi connectivity index (χ0v) is 14.6. The number of amides is 1. The Bertz CT molecular complexity index is 744. The van der Waals surface area contributed by atoms with E-state index in [1.165, 1.54) is 23.9 Å². The summed E-state index contributed by atoms with van der Waals surface area (Å²) in [4.78, 5) is 25.3. The second kappa shape index (κ2) is 6.72. The molecule has 1 aliphatic heterocycles. The standard InChI is InChI=1S/C15H18N2O5S2/c18-15(9-23-14-5-3-12(4-6-14)17(19)20)16(11-1-2-11)13-7-8-24(21,22)10-13/h3-6,11,13H,1-2,7-10H2. The predicted octanol–water partition coefficient (Wildman–Crippen LogP) is 1.86. The number of non-ortho nitro benzene ring substituents is 1. The number of sulfone groups is 1. The van der Waals surface area contributed by atoms with E-state index < -0.39 is 14.8 Å². The van der Waals surface area contributed by atoms with Gasteiger partial charge in [-0.1, -0.05) is 0 Å². The summed E-state index contributed by atoms with van der Waals surface area (Å²) in [5.41, 5.74) is 0.0152. The highest BCUT2D eigenvalue weighted by molar-refractivity contribution is 8.00. The number of thioether (sulfide) groups is 1. The van der Waals surface area contributed by atoms with Crippen LogP contribution in [0.25, 0.3) is 0 Å². The van der Waals surface area contributed by atoms with Gasteiger partial charge in [0.1, 0.15) is 0 Å². The normalized spacial score (nSPS) is 22.2. The average molecular weight is 370 g/mol. The number of nitro groups is 1. The number of benzene rings is 1. The van der Waals surface area contributed by atoms with E-state index in [0.29, 0.717) is 6.42 Å². The van der Waals surface area contributed by atoms with E-state index in [1.54, 1.807) is 17.0 Å². The maximum atomic E-state index is 12.6. The lowest BCUT2D eigenvalue weighted by atomic mass is 10.2. The van der Waals surface area contributed by atoms with Crippen LogP contribution in [-0.4, -0.2) is 53.5 Å². The smallest absolute Gasteiger partial charge is 0.269 e. The summed E-state index contributed by atoms with van der Waals surface area (Å²) >= 11 is 1.32. The molecule has 0 spiro atoms. The quantitative estimate of drug-likeness (QED) is 0.431. The van der Waals surface area contributed by atoms with Crippen molar-refractivity contribution in [2.24, 2.45) is 0 Å². The summed E-state index contributed by atoms with van der Waals surface area (Å²) in [6.07, 6.45) is 2.39. The first-order chi connectivity index (χ1) is 11.4. The first-order valence-corrected chi connectivity index (χ1v) is 10.6. The van der Waals surface area contributed by atoms with E-state index in [-0.39, 0.29) is 40.9 Å². The second-order valence-electron chi connectivity index (χ2n) is 6.13. The fraction of sp³-hybridized carbons (Fsp3) is 0.533. The Morgan fingerprint density at radius 2 is 1.88 bits per heavy atom. The fourth-order valence-corrected chi connectivity index (χ4v) is 5.42. The van der Waals surface area contributed by atoms with Gasteiger partial charge in [-0.15, -0.1) is 11.8 Å². The van der Waals surface area contributed by atoms with Crippen LogP contribution in [-0.2, 0) is 14.6 Å². The Morgan fingerprint density at radius 1 is 1.21 bits per heavy atom. The van der Waals surface area contributed by atoms with Crippen LogP contribution in [0.3, 0.4) is 0 Å². The molecule has 24 heavy (non-hydrogen) atoms. The molecule has 130 valence electrons. The first-order valence-electron chi connectivity index (χ1n) is 7.74. The zero-order chi connectivity index (χ0) is 17.3. The van der Waals surface area contributed by atoms with E-state index in [9.17, 15) is 23.3 Å². The van der Waals surface area contributed by atoms with Crippen LogP contribution in [0.1, 0.15) is 19.3 Å². The lowest BCUT2D eigenvalue weighted by Gasteiger charge is -2.28. The molecule has 0 aromatic heterocycles. The molecule has 0 bridgehead atoms. The molecule has 1 unspecified atom stereocenters. The molecule has 3 rings (SSSR count). The number of carbonyl (C=O) groups excluding carboxylic acids is 1. The van der Waals surface area contributed by atoms with Crippen LogP contribution >= 0.6 is 11.8 Å². The Morgan fingerprint density at radius 3 is 2.38 bits per heavy atom. The zero-order valence-electron chi connectivity index (χ0n) is 13.0. The molecule has 2 aliphatic rings. The third-order valence-electron chi connectivity index (χ3n) is 4.24. The lowest BCUT2D eigenvalue weighted by Crippen LogP contribution is -2.43. The van der Waals surface area contributed by atoms with Crippen molar-refractivity contribution in [3.63, 3.8) is 0 Å². The van der Waals surface area contributed by atoms with Gasteiger partial charge in [-0.3, -0.25) is 14.9 Å². The second-order valence-corrected chi connectivity index (χ2v) is 9.41. The van der Waals surface area contributed by atoms with Crippen LogP contribution in [0.2, 0.25) is 0 Å². The largest absolute Gasteiger partial charge is 0.335 e. The van der Waals surface area contributed by atoms with E-state index in [0.717, 1.165) is 17.7 Å². The molecule has 1 aliphatic carbocycles. The van der Waals surface area contributed by atoms with Gasteiger partial charge < -0.3 is 4.90 Å². The van der Waals surface area contributed by atoms with Gasteiger partial charge in [-0.2, -0.15) is 0 Å². The Hall–Kier alpha value is -1.61. The molecule has 9 heteroatoms. The average Bonchev–Trinajstić information content (AvgIpc) is 3.29. The summed E-state index contributed by atoms with van der Waals surface area (Å²) in [6, 6.07) is 6.04. The number of rotatable bonds is 6. The highest BCUT2D eigenvalue weighted by Crippen LogP contribution is 2.33. The van der Waals surface area contributed by atoms with Gasteiger partial charge in [0.2, 0.25) is 5.91 Å². The van der Waals surface area contributed by atoms with E-state index in [1.807, 2.05) is 0 Å². The maximum Gasteiger partial charge on any atom is 0.269 e. The van der Waals surface area contributed by atoms with Crippen molar-refractivity contribution in [3.8, 4) is 0 Å². The Labute approximate surface area is 144 Å². The first kappa shape index (κ1) is 17.2. The minimum absolute atomic E-state index is 0.0152. The van der Waals surface area contributed by atoms with Crippen molar-refractivity contribution in [1.29, 1.82) is 0 Å². The molecule has 0 N–H and O–H groups in total. The monoisotopic (exact) mass is 370 g/mol. The molecule has 1 saturated heterocycles. The van der Waals surface area contributed by atoms with Crippen LogP contribution in [0.4, 0.5) is 5.69 Å². The maximum absolute atomic E-state index is 12.6. The lowest BCUT2D eigenvalue weighted by molar-refractivity contribution is -0.384. The molecule has 1 atom stereocenters. The van der Waals surface area contributed by atoms with Crippen molar-refractivity contribution in [1.82, 2.24) is 4.90 Å². The summed E-state index contributed by atoms with van der Waals surface area (Å²) in [5, 5.41) is 10.6. The van der Waals surface area contributed by atoms with Gasteiger partial charge in [0.25, 0.3) is 5.69 Å². The van der Waals surface area contributed by atoms with Crippen LogP contribution in [0.5, 0.6) is 0 Å². The van der Waals surface area contributed by atoms with Gasteiger partial charge in [0.15, 0.2) is 9.84 Å². The van der Waals surface area contributed by atoms with Crippen molar-refractivity contribution < 1.29 is 18.1 Å². The molecule has 1 amide bonds. The number of hydrogen-bond acceptors (Lipinski definition) is 6. The van der Waals surface area contributed by atoms with E-state index >= 15 is 0 Å². The molecule has 1 heterocycles. The number of hydrogen-bond donors (Lipinski definition) is 0. The molecule has 1 aromatic carbocycles. The third-order valence-corrected chi connectivity index (χ3v) is 6.99. The summed E-state index contributed by atoms with van der Waals surface area (Å²) < 4.78 is 23.4. The topological polar surface area (TPSA) is 97.6 Å². The van der Waals surface area contributed by atoms with Crippen LogP contribution in [0, 0.1) is 10.1 Å². The van der Waals surface area contributed by atoms with Crippen molar-refractivity contribution >= 4 is 33.2 Å². The van der Waals surface area contributed by atoms with Crippen molar-refractivity contribution in [2.75, 3.05) is 17.3 Å². The SMILES string of the molecule is O=C(CSc1ccc([N+](=O)[O-])cc1)N(C1CC1)C1CCS(=O)(=O)C1. The van der Waals surface area contributed by atoms with Gasteiger partial charge in [-0.25, -0.2) is 8.42 Å². The van der Waals surface area contributed by atoms with E-state index in [4.69, 9.17) is 0 Å². The molecule has 7 nitrogen and oxygen atoms in total. The highest BCUT2D eigenvalue weighted by Gasteiger charge is 2.41. The Balaban J connectivity index is 1.61. The number of nitro benzene ring substituents is 1. The van der Waals surface area contributed by atoms with Gasteiger partial charge in [0.05, 0.1) is 22.2 Å². The summed E-state index contributed by atoms with van der Waals surface area (Å²) in [6.45, 7) is 0. The van der Waals surface area contributed by atoms with Crippen molar-refractivity contribution in [2.45, 2.75) is 36.2 Å². The summed E-state index contributed by atoms with van der Waals surface area (Å²) in [5.74, 6) is 0.384. The molecule has 1 saturated carbocycles.